The summed E-state index contributed by atoms with van der Waals surface area (Å²) in [4.78, 5) is 21.4. The van der Waals surface area contributed by atoms with Gasteiger partial charge in [-0.15, -0.1) is 0 Å². The van der Waals surface area contributed by atoms with Gasteiger partial charge in [0.25, 0.3) is 0 Å². The van der Waals surface area contributed by atoms with Gasteiger partial charge >= 0.3 is 0 Å². The molecule has 0 atom stereocenters. The molecule has 0 aliphatic carbocycles. The average Bonchev–Trinajstić information content (AvgIpc) is 2.90. The van der Waals surface area contributed by atoms with Gasteiger partial charge in [-0.25, -0.2) is 13.6 Å². The van der Waals surface area contributed by atoms with E-state index in [0.717, 1.165) is 61.7 Å². The second kappa shape index (κ2) is 10.6. The SMILES string of the molecule is [C-]#[N+]c1cccc(-c2ccc3c(c2)CCN(CC(=O)Nc2cc(F)cc(F)c2)C32CCN(C(C)C)CC2)c1. The number of likely N-dealkylation sites (tertiary alicyclic amines) is 1. The van der Waals surface area contributed by atoms with Crippen LogP contribution in [0.15, 0.2) is 60.7 Å². The number of hydrogen-bond donors (Lipinski definition) is 1. The lowest BCUT2D eigenvalue weighted by Gasteiger charge is -2.53. The van der Waals surface area contributed by atoms with Crippen LogP contribution in [0.5, 0.6) is 0 Å². The van der Waals surface area contributed by atoms with Crippen LogP contribution in [-0.4, -0.2) is 47.9 Å². The van der Waals surface area contributed by atoms with Crippen LogP contribution < -0.4 is 5.32 Å². The normalized spacial score (nSPS) is 17.3. The van der Waals surface area contributed by atoms with Gasteiger partial charge in [-0.1, -0.05) is 36.4 Å². The van der Waals surface area contributed by atoms with Crippen LogP contribution in [0.2, 0.25) is 0 Å². The van der Waals surface area contributed by atoms with Crippen molar-refractivity contribution in [3.05, 3.63) is 94.8 Å². The Morgan fingerprint density at radius 1 is 1.00 bits per heavy atom. The van der Waals surface area contributed by atoms with Gasteiger partial charge in [0.2, 0.25) is 5.91 Å². The zero-order valence-electron chi connectivity index (χ0n) is 21.8. The molecule has 0 aromatic heterocycles. The molecule has 2 aliphatic rings. The van der Waals surface area contributed by atoms with E-state index in [4.69, 9.17) is 6.57 Å². The summed E-state index contributed by atoms with van der Waals surface area (Å²) in [6.07, 6.45) is 2.59. The lowest BCUT2D eigenvalue weighted by Crippen LogP contribution is -2.58. The lowest BCUT2D eigenvalue weighted by atomic mass is 9.73. The first-order chi connectivity index (χ1) is 18.3. The third kappa shape index (κ3) is 5.20. The van der Waals surface area contributed by atoms with E-state index in [-0.39, 0.29) is 23.7 Å². The Bertz CT molecular complexity index is 1370. The van der Waals surface area contributed by atoms with E-state index >= 15 is 0 Å². The van der Waals surface area contributed by atoms with Gasteiger partial charge in [0, 0.05) is 43.0 Å². The van der Waals surface area contributed by atoms with Crippen molar-refractivity contribution in [3.63, 3.8) is 0 Å². The first kappa shape index (κ1) is 26.0. The lowest BCUT2D eigenvalue weighted by molar-refractivity contribution is -0.120. The molecule has 0 saturated carbocycles. The summed E-state index contributed by atoms with van der Waals surface area (Å²) >= 11 is 0. The van der Waals surface area contributed by atoms with Gasteiger partial charge in [-0.3, -0.25) is 9.69 Å². The molecule has 196 valence electrons. The number of rotatable bonds is 5. The zero-order valence-corrected chi connectivity index (χ0v) is 21.8. The maximum atomic E-state index is 13.7. The molecule has 38 heavy (non-hydrogen) atoms. The number of nitrogens with one attached hydrogen (secondary N) is 1. The number of anilines is 1. The maximum Gasteiger partial charge on any atom is 0.238 e. The largest absolute Gasteiger partial charge is 0.325 e. The quantitative estimate of drug-likeness (QED) is 0.402. The molecule has 1 fully saturated rings. The molecule has 1 N–H and O–H groups in total. The van der Waals surface area contributed by atoms with Crippen LogP contribution in [0.25, 0.3) is 16.0 Å². The fourth-order valence-electron chi connectivity index (χ4n) is 6.06. The molecule has 1 saturated heterocycles. The maximum absolute atomic E-state index is 13.7. The third-order valence-corrected chi connectivity index (χ3v) is 8.01. The van der Waals surface area contributed by atoms with Crippen molar-refractivity contribution in [2.24, 2.45) is 0 Å². The predicted octanol–water partition coefficient (Wildman–Crippen LogP) is 6.38. The minimum absolute atomic E-state index is 0.125. The van der Waals surface area contributed by atoms with Crippen molar-refractivity contribution in [1.82, 2.24) is 9.80 Å². The van der Waals surface area contributed by atoms with Crippen LogP contribution in [-0.2, 0) is 16.8 Å². The van der Waals surface area contributed by atoms with Crippen LogP contribution in [0.3, 0.4) is 0 Å². The monoisotopic (exact) mass is 514 g/mol. The number of halogens is 2. The minimum atomic E-state index is -0.720. The van der Waals surface area contributed by atoms with Gasteiger partial charge < -0.3 is 10.2 Å². The molecular weight excluding hydrogens is 482 g/mol. The fourth-order valence-corrected chi connectivity index (χ4v) is 6.06. The topological polar surface area (TPSA) is 39.9 Å². The Labute approximate surface area is 222 Å². The second-order valence-electron chi connectivity index (χ2n) is 10.6. The van der Waals surface area contributed by atoms with Gasteiger partial charge in [0.15, 0.2) is 5.69 Å². The number of hydrogen-bond acceptors (Lipinski definition) is 3. The molecule has 5 nitrogen and oxygen atoms in total. The summed E-state index contributed by atoms with van der Waals surface area (Å²) in [5.41, 5.74) is 5.09. The molecule has 0 unspecified atom stereocenters. The second-order valence-corrected chi connectivity index (χ2v) is 10.6. The molecule has 7 heteroatoms. The molecule has 0 radical (unpaired) electrons. The molecule has 3 aromatic carbocycles. The van der Waals surface area contributed by atoms with E-state index < -0.39 is 11.6 Å². The summed E-state index contributed by atoms with van der Waals surface area (Å²) in [6.45, 7) is 14.5. The van der Waals surface area contributed by atoms with Crippen molar-refractivity contribution < 1.29 is 13.6 Å². The molecule has 1 amide bonds. The van der Waals surface area contributed by atoms with E-state index in [1.165, 1.54) is 11.1 Å². The molecule has 3 aromatic rings. The highest BCUT2D eigenvalue weighted by atomic mass is 19.1. The summed E-state index contributed by atoms with van der Waals surface area (Å²) in [6, 6.07) is 17.7. The van der Waals surface area contributed by atoms with E-state index in [1.807, 2.05) is 24.3 Å². The number of amides is 1. The Morgan fingerprint density at radius 3 is 2.39 bits per heavy atom. The fraction of sp³-hybridized carbons (Fsp3) is 0.355. The molecule has 0 bridgehead atoms. The van der Waals surface area contributed by atoms with E-state index in [1.54, 1.807) is 0 Å². The highest BCUT2D eigenvalue weighted by molar-refractivity contribution is 5.92. The average molecular weight is 515 g/mol. The number of fused-ring (bicyclic) bond motifs is 2. The highest BCUT2D eigenvalue weighted by Crippen LogP contribution is 2.45. The Morgan fingerprint density at radius 2 is 1.71 bits per heavy atom. The zero-order chi connectivity index (χ0) is 26.9. The molecule has 5 rings (SSSR count). The Hall–Kier alpha value is -3.60. The van der Waals surface area contributed by atoms with Crippen molar-refractivity contribution >= 4 is 17.3 Å². The number of benzene rings is 3. The first-order valence-electron chi connectivity index (χ1n) is 13.1. The van der Waals surface area contributed by atoms with Crippen LogP contribution >= 0.6 is 0 Å². The Balaban J connectivity index is 1.45. The van der Waals surface area contributed by atoms with Crippen molar-refractivity contribution in [3.8, 4) is 11.1 Å². The molecule has 2 aliphatic heterocycles. The first-order valence-corrected chi connectivity index (χ1v) is 13.1. The number of carbonyl (C=O) groups excluding carboxylic acids is 1. The van der Waals surface area contributed by atoms with Crippen LogP contribution in [0.1, 0.15) is 37.8 Å². The third-order valence-electron chi connectivity index (χ3n) is 8.01. The van der Waals surface area contributed by atoms with Gasteiger partial charge in [-0.2, -0.15) is 0 Å². The van der Waals surface area contributed by atoms with Crippen LogP contribution in [0.4, 0.5) is 20.2 Å². The molecular formula is C31H32F2N4O. The highest BCUT2D eigenvalue weighted by Gasteiger charge is 2.45. The number of carbonyl (C=O) groups is 1. The van der Waals surface area contributed by atoms with E-state index in [9.17, 15) is 13.6 Å². The van der Waals surface area contributed by atoms with Gasteiger partial charge in [0.1, 0.15) is 11.6 Å². The van der Waals surface area contributed by atoms with Crippen molar-refractivity contribution in [1.29, 1.82) is 0 Å². The van der Waals surface area contributed by atoms with E-state index in [0.29, 0.717) is 18.3 Å². The number of nitrogens with zero attached hydrogens (tertiary/aromatic N) is 3. The summed E-state index contributed by atoms with van der Waals surface area (Å²) in [7, 11) is 0. The van der Waals surface area contributed by atoms with Crippen molar-refractivity contribution in [2.45, 2.75) is 44.7 Å². The minimum Gasteiger partial charge on any atom is -0.325 e. The van der Waals surface area contributed by atoms with E-state index in [2.05, 4.69) is 52.0 Å². The summed E-state index contributed by atoms with van der Waals surface area (Å²) in [5.74, 6) is -1.72. The molecule has 2 heterocycles. The van der Waals surface area contributed by atoms with Gasteiger partial charge in [-0.05, 0) is 73.6 Å². The Kier molecular flexibility index (Phi) is 7.29. The predicted molar refractivity (Wildman–Crippen MR) is 146 cm³/mol. The van der Waals surface area contributed by atoms with Gasteiger partial charge in [0.05, 0.1) is 13.1 Å². The number of piperidine rings is 1. The van der Waals surface area contributed by atoms with Crippen molar-refractivity contribution in [2.75, 3.05) is 31.5 Å². The smallest absolute Gasteiger partial charge is 0.238 e. The molecule has 1 spiro atoms. The summed E-state index contributed by atoms with van der Waals surface area (Å²) < 4.78 is 27.3. The standard InChI is InChI=1S/C31H32F2N4O/c1-21(2)36-13-10-31(11-14-36)29-8-7-23(22-5-4-6-27(16-22)34-3)15-24(29)9-12-37(31)20-30(38)35-28-18-25(32)17-26(33)19-28/h4-8,15-19,21H,9-14,20H2,1-2H3,(H,35,38). The summed E-state index contributed by atoms with van der Waals surface area (Å²) in [5, 5.41) is 2.69. The van der Waals surface area contributed by atoms with Crippen LogP contribution in [0, 0.1) is 18.2 Å².